The number of nitriles is 1. The molecular weight excluding hydrogens is 549 g/mol. The number of nitrogens with zero attached hydrogens (tertiary/aromatic N) is 2. The maximum Gasteiger partial charge on any atom is 0.271 e. The van der Waals surface area contributed by atoms with Gasteiger partial charge in [0.2, 0.25) is 0 Å². The normalized spacial score (nSPS) is 10.8. The standard InChI is InChI=1S/C25H20IN3O5/c1-2-33-23-13-18(12-22(26)24(23)34-16-17-7-4-3-5-8-17)11-19(15-27)25(30)28-20-9-6-10-21(14-20)29(31)32/h3-14H,2,16H2,1H3,(H,28,30)/b19-11-. The molecule has 1 amide bonds. The van der Waals surface area contributed by atoms with Gasteiger partial charge in [-0.3, -0.25) is 14.9 Å². The summed E-state index contributed by atoms with van der Waals surface area (Å²) >= 11 is 2.12. The first-order valence-corrected chi connectivity index (χ1v) is 11.3. The van der Waals surface area contributed by atoms with E-state index in [0.717, 1.165) is 9.13 Å². The fourth-order valence-corrected chi connectivity index (χ4v) is 3.80. The molecule has 0 spiro atoms. The number of benzene rings is 3. The van der Waals surface area contributed by atoms with E-state index in [-0.39, 0.29) is 16.9 Å². The number of rotatable bonds is 9. The summed E-state index contributed by atoms with van der Waals surface area (Å²) in [6.45, 7) is 2.62. The van der Waals surface area contributed by atoms with Crippen molar-refractivity contribution < 1.29 is 19.2 Å². The van der Waals surface area contributed by atoms with Crippen LogP contribution in [0, 0.1) is 25.0 Å². The van der Waals surface area contributed by atoms with E-state index in [9.17, 15) is 20.2 Å². The average Bonchev–Trinajstić information content (AvgIpc) is 2.83. The van der Waals surface area contributed by atoms with Gasteiger partial charge in [0.1, 0.15) is 18.2 Å². The molecule has 0 saturated carbocycles. The molecular formula is C25H20IN3O5. The Labute approximate surface area is 210 Å². The minimum absolute atomic E-state index is 0.164. The molecule has 0 fully saturated rings. The number of nitrogens with one attached hydrogen (secondary N) is 1. The smallest absolute Gasteiger partial charge is 0.271 e. The number of carbonyl (C=O) groups is 1. The molecule has 0 radical (unpaired) electrons. The van der Waals surface area contributed by atoms with Crippen LogP contribution in [0.25, 0.3) is 6.08 Å². The van der Waals surface area contributed by atoms with Gasteiger partial charge in [0, 0.05) is 17.8 Å². The molecule has 0 atom stereocenters. The van der Waals surface area contributed by atoms with Gasteiger partial charge in [0.15, 0.2) is 11.5 Å². The molecule has 8 nitrogen and oxygen atoms in total. The fourth-order valence-electron chi connectivity index (χ4n) is 3.01. The lowest BCUT2D eigenvalue weighted by Crippen LogP contribution is -2.13. The van der Waals surface area contributed by atoms with Crippen molar-refractivity contribution >= 4 is 45.9 Å². The zero-order valence-corrected chi connectivity index (χ0v) is 20.3. The van der Waals surface area contributed by atoms with Crippen LogP contribution in [0.5, 0.6) is 11.5 Å². The number of halogens is 1. The summed E-state index contributed by atoms with van der Waals surface area (Å²) in [7, 11) is 0. The fraction of sp³-hybridized carbons (Fsp3) is 0.120. The lowest BCUT2D eigenvalue weighted by atomic mass is 10.1. The van der Waals surface area contributed by atoms with Crippen molar-refractivity contribution in [1.29, 1.82) is 5.26 Å². The zero-order valence-electron chi connectivity index (χ0n) is 18.2. The maximum atomic E-state index is 12.6. The Morgan fingerprint density at radius 2 is 1.91 bits per heavy atom. The predicted octanol–water partition coefficient (Wildman–Crippen LogP) is 5.72. The SMILES string of the molecule is CCOc1cc(/C=C(/C#N)C(=O)Nc2cccc([N+](=O)[O-])c2)cc(I)c1OCc1ccccc1. The lowest BCUT2D eigenvalue weighted by molar-refractivity contribution is -0.384. The van der Waals surface area contributed by atoms with Gasteiger partial charge >= 0.3 is 0 Å². The van der Waals surface area contributed by atoms with Gasteiger partial charge in [-0.05, 0) is 64.9 Å². The highest BCUT2D eigenvalue weighted by molar-refractivity contribution is 14.1. The average molecular weight is 569 g/mol. The van der Waals surface area contributed by atoms with Gasteiger partial charge in [0.05, 0.1) is 15.1 Å². The Balaban J connectivity index is 1.84. The van der Waals surface area contributed by atoms with E-state index in [1.54, 1.807) is 12.1 Å². The molecule has 172 valence electrons. The Morgan fingerprint density at radius 3 is 2.59 bits per heavy atom. The van der Waals surface area contributed by atoms with Gasteiger partial charge in [0.25, 0.3) is 11.6 Å². The number of hydrogen-bond acceptors (Lipinski definition) is 6. The van der Waals surface area contributed by atoms with Crippen molar-refractivity contribution in [2.24, 2.45) is 0 Å². The van der Waals surface area contributed by atoms with Gasteiger partial charge in [-0.25, -0.2) is 0 Å². The third-order valence-electron chi connectivity index (χ3n) is 4.55. The molecule has 9 heteroatoms. The van der Waals surface area contributed by atoms with Crippen LogP contribution in [-0.4, -0.2) is 17.4 Å². The second-order valence-electron chi connectivity index (χ2n) is 6.97. The predicted molar refractivity (Wildman–Crippen MR) is 136 cm³/mol. The van der Waals surface area contributed by atoms with E-state index in [0.29, 0.717) is 30.3 Å². The minimum atomic E-state index is -0.680. The largest absolute Gasteiger partial charge is 0.490 e. The number of hydrogen-bond donors (Lipinski definition) is 1. The van der Waals surface area contributed by atoms with Crippen molar-refractivity contribution in [3.05, 3.63) is 97.1 Å². The topological polar surface area (TPSA) is 114 Å². The molecule has 1 N–H and O–H groups in total. The van der Waals surface area contributed by atoms with Gasteiger partial charge in [-0.2, -0.15) is 5.26 Å². The number of carbonyl (C=O) groups excluding carboxylic acids is 1. The third-order valence-corrected chi connectivity index (χ3v) is 5.35. The highest BCUT2D eigenvalue weighted by atomic mass is 127. The molecule has 34 heavy (non-hydrogen) atoms. The molecule has 3 rings (SSSR count). The molecule has 0 aromatic heterocycles. The number of non-ortho nitro benzene ring substituents is 1. The summed E-state index contributed by atoms with van der Waals surface area (Å²) in [6.07, 6.45) is 1.43. The summed E-state index contributed by atoms with van der Waals surface area (Å²) in [4.78, 5) is 23.0. The highest BCUT2D eigenvalue weighted by Crippen LogP contribution is 2.35. The summed E-state index contributed by atoms with van der Waals surface area (Å²) in [6, 6.07) is 20.6. The molecule has 0 aliphatic rings. The maximum absolute atomic E-state index is 12.6. The van der Waals surface area contributed by atoms with E-state index in [2.05, 4.69) is 27.9 Å². The van der Waals surface area contributed by atoms with E-state index >= 15 is 0 Å². The summed E-state index contributed by atoms with van der Waals surface area (Å²) in [5, 5.41) is 23.0. The first-order valence-electron chi connectivity index (χ1n) is 10.2. The monoisotopic (exact) mass is 569 g/mol. The minimum Gasteiger partial charge on any atom is -0.490 e. The van der Waals surface area contributed by atoms with Gasteiger partial charge < -0.3 is 14.8 Å². The van der Waals surface area contributed by atoms with Crippen LogP contribution >= 0.6 is 22.6 Å². The Kier molecular flexibility index (Phi) is 8.59. The van der Waals surface area contributed by atoms with E-state index in [4.69, 9.17) is 9.47 Å². The number of ether oxygens (including phenoxy) is 2. The number of amides is 1. The zero-order chi connectivity index (χ0) is 24.5. The molecule has 0 bridgehead atoms. The van der Waals surface area contributed by atoms with Crippen LogP contribution in [0.3, 0.4) is 0 Å². The van der Waals surface area contributed by atoms with Crippen LogP contribution in [0.15, 0.2) is 72.3 Å². The first kappa shape index (κ1) is 24.7. The van der Waals surface area contributed by atoms with E-state index < -0.39 is 10.8 Å². The van der Waals surface area contributed by atoms with Crippen LogP contribution in [0.1, 0.15) is 18.1 Å². The van der Waals surface area contributed by atoms with Crippen molar-refractivity contribution in [2.75, 3.05) is 11.9 Å². The Bertz CT molecular complexity index is 1270. The third kappa shape index (κ3) is 6.55. The summed E-state index contributed by atoms with van der Waals surface area (Å²) in [5.41, 5.74) is 1.47. The second-order valence-corrected chi connectivity index (χ2v) is 8.13. The molecule has 0 heterocycles. The lowest BCUT2D eigenvalue weighted by Gasteiger charge is -2.15. The van der Waals surface area contributed by atoms with Crippen LogP contribution < -0.4 is 14.8 Å². The van der Waals surface area contributed by atoms with E-state index in [1.807, 2.05) is 43.3 Å². The highest BCUT2D eigenvalue weighted by Gasteiger charge is 2.15. The van der Waals surface area contributed by atoms with Crippen molar-refractivity contribution in [3.8, 4) is 17.6 Å². The molecule has 3 aromatic rings. The summed E-state index contributed by atoms with van der Waals surface area (Å²) < 4.78 is 12.5. The first-order chi connectivity index (χ1) is 16.4. The number of anilines is 1. The Morgan fingerprint density at radius 1 is 1.15 bits per heavy atom. The van der Waals surface area contributed by atoms with Crippen LogP contribution in [0.4, 0.5) is 11.4 Å². The summed E-state index contributed by atoms with van der Waals surface area (Å²) in [5.74, 6) is 0.386. The molecule has 0 aliphatic heterocycles. The number of nitro groups is 1. The molecule has 0 aliphatic carbocycles. The van der Waals surface area contributed by atoms with Crippen LogP contribution in [-0.2, 0) is 11.4 Å². The quantitative estimate of drug-likeness (QED) is 0.116. The van der Waals surface area contributed by atoms with Crippen molar-refractivity contribution in [3.63, 3.8) is 0 Å². The van der Waals surface area contributed by atoms with Crippen molar-refractivity contribution in [1.82, 2.24) is 0 Å². The van der Waals surface area contributed by atoms with E-state index in [1.165, 1.54) is 30.3 Å². The molecule has 3 aromatic carbocycles. The number of nitro benzene ring substituents is 1. The molecule has 0 saturated heterocycles. The Hall–Kier alpha value is -3.91. The van der Waals surface area contributed by atoms with Gasteiger partial charge in [-0.15, -0.1) is 0 Å². The van der Waals surface area contributed by atoms with Crippen LogP contribution in [0.2, 0.25) is 0 Å². The van der Waals surface area contributed by atoms with Gasteiger partial charge in [-0.1, -0.05) is 36.4 Å². The van der Waals surface area contributed by atoms with Crippen molar-refractivity contribution in [2.45, 2.75) is 13.5 Å². The molecule has 0 unspecified atom stereocenters. The second kappa shape index (κ2) is 11.8.